The summed E-state index contributed by atoms with van der Waals surface area (Å²) >= 11 is 5.24. The van der Waals surface area contributed by atoms with E-state index < -0.39 is 12.2 Å². The molecule has 5 nitrogen and oxygen atoms in total. The van der Waals surface area contributed by atoms with E-state index in [-0.39, 0.29) is 46.6 Å². The van der Waals surface area contributed by atoms with Gasteiger partial charge in [0, 0.05) is 11.3 Å². The van der Waals surface area contributed by atoms with Crippen molar-refractivity contribution >= 4 is 33.2 Å². The van der Waals surface area contributed by atoms with Gasteiger partial charge in [-0.3, -0.25) is 4.79 Å². The molecule has 4 fully saturated rings. The molecule has 0 aromatic carbocycles. The maximum atomic E-state index is 13.3. The smallest absolute Gasteiger partial charge is 0.220 e. The average Bonchev–Trinajstić information content (AvgIpc) is 3.44. The van der Waals surface area contributed by atoms with Crippen LogP contribution in [0.15, 0.2) is 15.9 Å². The van der Waals surface area contributed by atoms with Gasteiger partial charge in [-0.2, -0.15) is 0 Å². The summed E-state index contributed by atoms with van der Waals surface area (Å²) in [7, 11) is 0. The minimum Gasteiger partial charge on any atom is -0.393 e. The van der Waals surface area contributed by atoms with Crippen LogP contribution in [-0.4, -0.2) is 39.5 Å². The van der Waals surface area contributed by atoms with Crippen LogP contribution < -0.4 is 5.32 Å². The summed E-state index contributed by atoms with van der Waals surface area (Å²) in [5, 5.41) is 36.5. The van der Waals surface area contributed by atoms with Crippen molar-refractivity contribution < 1.29 is 20.1 Å². The van der Waals surface area contributed by atoms with E-state index in [0.717, 1.165) is 42.3 Å². The average molecular weight is 611 g/mol. The van der Waals surface area contributed by atoms with Crippen molar-refractivity contribution in [1.82, 2.24) is 5.32 Å². The molecule has 4 N–H and O–H groups in total. The number of fused-ring (bicyclic) bond motifs is 5. The number of hydrogen-bond donors (Lipinski definition) is 4. The SMILES string of the molecule is CC(C)[C@H](NC(=O)C[C@@H](C)C1CC[C@H]2[C@@H]3[C@H](O)[C@H](O)[C@@H]4C[C@H](O)CC[C@]4(C)[C@H]3CC[C@]12C)c1ccc(Br)s1. The van der Waals surface area contributed by atoms with E-state index in [9.17, 15) is 20.1 Å². The molecule has 1 heterocycles. The van der Waals surface area contributed by atoms with Crippen LogP contribution in [0.3, 0.4) is 0 Å². The van der Waals surface area contributed by atoms with Gasteiger partial charge in [-0.05, 0) is 125 Å². The van der Waals surface area contributed by atoms with Crippen LogP contribution in [0, 0.1) is 52.3 Å². The Morgan fingerprint density at radius 2 is 1.68 bits per heavy atom. The Balaban J connectivity index is 1.30. The summed E-state index contributed by atoms with van der Waals surface area (Å²) in [5.74, 6) is 2.00. The molecule has 1 aromatic rings. The molecular formula is C31H48BrNO4S. The summed E-state index contributed by atoms with van der Waals surface area (Å²) < 4.78 is 1.08. The highest BCUT2D eigenvalue weighted by molar-refractivity contribution is 9.11. The molecule has 1 amide bonds. The third-order valence-corrected chi connectivity index (χ3v) is 13.6. The molecule has 5 rings (SSSR count). The number of aliphatic hydroxyl groups excluding tert-OH is 3. The molecule has 0 radical (unpaired) electrons. The Bertz CT molecular complexity index is 1020. The molecule has 4 saturated carbocycles. The predicted molar refractivity (Wildman–Crippen MR) is 156 cm³/mol. The largest absolute Gasteiger partial charge is 0.393 e. The molecule has 0 saturated heterocycles. The molecule has 0 bridgehead atoms. The fraction of sp³-hybridized carbons (Fsp3) is 0.839. The van der Waals surface area contributed by atoms with Crippen molar-refractivity contribution in [3.8, 4) is 0 Å². The van der Waals surface area contributed by atoms with E-state index in [1.54, 1.807) is 11.3 Å². The zero-order chi connectivity index (χ0) is 27.6. The van der Waals surface area contributed by atoms with Gasteiger partial charge in [0.2, 0.25) is 5.91 Å². The zero-order valence-corrected chi connectivity index (χ0v) is 26.1. The number of halogens is 1. The highest BCUT2D eigenvalue weighted by Crippen LogP contribution is 2.68. The number of thiophene rings is 1. The summed E-state index contributed by atoms with van der Waals surface area (Å²) in [4.78, 5) is 14.5. The first kappa shape index (κ1) is 29.0. The second-order valence-corrected chi connectivity index (χ2v) is 16.6. The van der Waals surface area contributed by atoms with Crippen LogP contribution in [0.1, 0.15) is 96.9 Å². The molecule has 0 aliphatic heterocycles. The Kier molecular flexibility index (Phi) is 8.21. The lowest BCUT2D eigenvalue weighted by Gasteiger charge is -2.63. The van der Waals surface area contributed by atoms with Gasteiger partial charge in [0.05, 0.1) is 28.1 Å². The van der Waals surface area contributed by atoms with E-state index in [1.165, 1.54) is 4.88 Å². The van der Waals surface area contributed by atoms with Crippen molar-refractivity contribution in [1.29, 1.82) is 0 Å². The van der Waals surface area contributed by atoms with E-state index >= 15 is 0 Å². The lowest BCUT2D eigenvalue weighted by Crippen LogP contribution is -2.64. The molecule has 12 atom stereocenters. The number of nitrogens with one attached hydrogen (secondary N) is 1. The summed E-state index contributed by atoms with van der Waals surface area (Å²) in [6.45, 7) is 11.3. The highest BCUT2D eigenvalue weighted by Gasteiger charge is 2.65. The van der Waals surface area contributed by atoms with Crippen molar-refractivity contribution in [3.63, 3.8) is 0 Å². The van der Waals surface area contributed by atoms with Crippen molar-refractivity contribution in [2.75, 3.05) is 0 Å². The van der Waals surface area contributed by atoms with Crippen LogP contribution in [0.4, 0.5) is 0 Å². The van der Waals surface area contributed by atoms with Gasteiger partial charge in [0.1, 0.15) is 0 Å². The van der Waals surface area contributed by atoms with Crippen LogP contribution in [0.2, 0.25) is 0 Å². The standard InChI is InChI=1S/C31H48BrNO4S/c1-16(2)27(23-8-9-24(32)38-23)33-25(35)14-17(3)19-6-7-20-26-21(11-13-30(19,20)4)31(5)12-10-18(34)15-22(31)28(36)29(26)37/h8-9,16-22,26-29,34,36-37H,6-7,10-15H2,1-5H3,(H,33,35)/t17-,18-,19?,20+,21+,22+,26+,27+,28-,29+,30-,31-/m1/s1. The molecule has 4 aliphatic rings. The molecule has 214 valence electrons. The highest BCUT2D eigenvalue weighted by atomic mass is 79.9. The van der Waals surface area contributed by atoms with Crippen molar-refractivity contribution in [2.24, 2.45) is 52.3 Å². The topological polar surface area (TPSA) is 89.8 Å². The number of amides is 1. The monoisotopic (exact) mass is 609 g/mol. The fourth-order valence-electron chi connectivity index (χ4n) is 9.94. The van der Waals surface area contributed by atoms with Gasteiger partial charge in [-0.1, -0.05) is 34.6 Å². The van der Waals surface area contributed by atoms with Crippen LogP contribution in [0.25, 0.3) is 0 Å². The van der Waals surface area contributed by atoms with Gasteiger partial charge in [-0.15, -0.1) is 11.3 Å². The third kappa shape index (κ3) is 4.84. The lowest BCUT2D eigenvalue weighted by molar-refractivity contribution is -0.223. The quantitative estimate of drug-likeness (QED) is 0.304. The second-order valence-electron chi connectivity index (χ2n) is 14.2. The van der Waals surface area contributed by atoms with Crippen molar-refractivity contribution in [2.45, 2.75) is 110 Å². The summed E-state index contributed by atoms with van der Waals surface area (Å²) in [5.41, 5.74) is 0.0606. The third-order valence-electron chi connectivity index (χ3n) is 11.9. The Hall–Kier alpha value is -0.470. The molecular weight excluding hydrogens is 562 g/mol. The van der Waals surface area contributed by atoms with E-state index in [0.29, 0.717) is 36.5 Å². The zero-order valence-electron chi connectivity index (χ0n) is 23.7. The van der Waals surface area contributed by atoms with Gasteiger partial charge >= 0.3 is 0 Å². The number of carbonyl (C=O) groups is 1. The van der Waals surface area contributed by atoms with Crippen LogP contribution in [-0.2, 0) is 4.79 Å². The van der Waals surface area contributed by atoms with E-state index in [2.05, 4.69) is 68.0 Å². The predicted octanol–water partition coefficient (Wildman–Crippen LogP) is 6.31. The number of hydrogen-bond acceptors (Lipinski definition) is 5. The number of rotatable bonds is 6. The molecule has 1 unspecified atom stereocenters. The molecule has 4 aliphatic carbocycles. The molecule has 1 aromatic heterocycles. The van der Waals surface area contributed by atoms with Gasteiger partial charge in [0.15, 0.2) is 0 Å². The van der Waals surface area contributed by atoms with E-state index in [1.807, 2.05) is 0 Å². The lowest BCUT2D eigenvalue weighted by atomic mass is 9.43. The normalized spacial score (nSPS) is 44.2. The van der Waals surface area contributed by atoms with Gasteiger partial charge in [-0.25, -0.2) is 0 Å². The van der Waals surface area contributed by atoms with Crippen LogP contribution >= 0.6 is 27.3 Å². The second kappa shape index (κ2) is 10.7. The van der Waals surface area contributed by atoms with E-state index in [4.69, 9.17) is 0 Å². The first-order chi connectivity index (χ1) is 17.9. The Labute approximate surface area is 241 Å². The summed E-state index contributed by atoms with van der Waals surface area (Å²) in [6, 6.07) is 4.18. The molecule has 38 heavy (non-hydrogen) atoms. The molecule has 7 heteroatoms. The first-order valence-electron chi connectivity index (χ1n) is 15.0. The minimum atomic E-state index is -0.758. The minimum absolute atomic E-state index is 0.0178. The van der Waals surface area contributed by atoms with Gasteiger partial charge in [0.25, 0.3) is 0 Å². The first-order valence-corrected chi connectivity index (χ1v) is 16.6. The Morgan fingerprint density at radius 3 is 2.34 bits per heavy atom. The van der Waals surface area contributed by atoms with Crippen LogP contribution in [0.5, 0.6) is 0 Å². The van der Waals surface area contributed by atoms with Crippen molar-refractivity contribution in [3.05, 3.63) is 20.8 Å². The number of aliphatic hydroxyl groups is 3. The Morgan fingerprint density at radius 1 is 1.00 bits per heavy atom. The van der Waals surface area contributed by atoms with Gasteiger partial charge < -0.3 is 20.6 Å². The maximum absolute atomic E-state index is 13.3. The summed E-state index contributed by atoms with van der Waals surface area (Å²) in [6.07, 6.45) is 5.39. The maximum Gasteiger partial charge on any atom is 0.220 e. The fourth-order valence-corrected chi connectivity index (χ4v) is 11.6. The molecule has 0 spiro atoms. The number of carbonyl (C=O) groups excluding carboxylic acids is 1.